The lowest BCUT2D eigenvalue weighted by Crippen LogP contribution is -2.44. The number of carbonyl (C=O) groups is 2. The van der Waals surface area contributed by atoms with Crippen LogP contribution >= 0.6 is 0 Å². The van der Waals surface area contributed by atoms with Crippen LogP contribution < -0.4 is 10.3 Å². The Morgan fingerprint density at radius 1 is 1.19 bits per heavy atom. The molecule has 188 valence electrons. The van der Waals surface area contributed by atoms with E-state index in [2.05, 4.69) is 0 Å². The van der Waals surface area contributed by atoms with Gasteiger partial charge in [-0.3, -0.25) is 4.79 Å². The molecule has 0 bridgehead atoms. The molecule has 0 amide bonds. The number of aliphatic hydroxyl groups is 1. The molecular weight excluding hydrogens is 464 g/mol. The zero-order valence-corrected chi connectivity index (χ0v) is 20.9. The number of cyclic esters (lactones) is 1. The maximum absolute atomic E-state index is 13.4. The molecule has 2 aromatic heterocycles. The van der Waals surface area contributed by atoms with Crippen molar-refractivity contribution in [1.29, 1.82) is 0 Å². The maximum atomic E-state index is 13.4. The second kappa shape index (κ2) is 8.16. The van der Waals surface area contributed by atoms with Crippen LogP contribution in [0.25, 0.3) is 22.3 Å². The number of esters is 1. The lowest BCUT2D eigenvalue weighted by Gasteiger charge is -2.31. The van der Waals surface area contributed by atoms with Gasteiger partial charge in [-0.2, -0.15) is 0 Å². The molecule has 36 heavy (non-hydrogen) atoms. The van der Waals surface area contributed by atoms with Crippen molar-refractivity contribution in [3.8, 4) is 17.1 Å². The topological polar surface area (TPSA) is 117 Å². The van der Waals surface area contributed by atoms with Crippen molar-refractivity contribution in [2.24, 2.45) is 0 Å². The summed E-state index contributed by atoms with van der Waals surface area (Å²) >= 11 is 0. The molecule has 4 heterocycles. The van der Waals surface area contributed by atoms with Gasteiger partial charge in [-0.05, 0) is 63.4 Å². The highest BCUT2D eigenvalue weighted by molar-refractivity contribution is 5.90. The summed E-state index contributed by atoms with van der Waals surface area (Å²) in [5.41, 5.74) is 1.43. The zero-order chi connectivity index (χ0) is 26.0. The number of fused-ring (bicyclic) bond motifs is 5. The fourth-order valence-electron chi connectivity index (χ4n) is 4.98. The molecule has 0 fully saturated rings. The predicted molar refractivity (Wildman–Crippen MR) is 131 cm³/mol. The van der Waals surface area contributed by atoms with Crippen molar-refractivity contribution in [2.45, 2.75) is 71.8 Å². The molecule has 2 aliphatic heterocycles. The summed E-state index contributed by atoms with van der Waals surface area (Å²) in [4.78, 5) is 42.8. The van der Waals surface area contributed by atoms with Crippen LogP contribution in [0, 0.1) is 0 Å². The van der Waals surface area contributed by atoms with E-state index in [1.807, 2.05) is 6.92 Å². The molecular formula is C27H28N2O7. The van der Waals surface area contributed by atoms with Gasteiger partial charge in [0.15, 0.2) is 5.60 Å². The Balaban J connectivity index is 1.64. The number of aromatic nitrogens is 2. The molecule has 9 nitrogen and oxygen atoms in total. The fraction of sp³-hybridized carbons (Fsp3) is 0.407. The SMILES string of the molecule is CCc1c2c(nc3ccc(OC(=O)OC(C)(C)C)cc13)-c1cc3c(c(=O)n1C2)COC(=O)[C@]3(O)CC. The number of carbonyl (C=O) groups excluding carboxylic acids is 2. The minimum Gasteiger partial charge on any atom is -0.458 e. The quantitative estimate of drug-likeness (QED) is 0.337. The predicted octanol–water partition coefficient (Wildman–Crippen LogP) is 3.96. The molecule has 0 saturated heterocycles. The van der Waals surface area contributed by atoms with E-state index in [1.165, 1.54) is 0 Å². The van der Waals surface area contributed by atoms with Crippen LogP contribution in [0.2, 0.25) is 0 Å². The van der Waals surface area contributed by atoms with E-state index in [1.54, 1.807) is 56.5 Å². The van der Waals surface area contributed by atoms with Crippen molar-refractivity contribution in [1.82, 2.24) is 9.55 Å². The molecule has 5 rings (SSSR count). The second-order valence-electron chi connectivity index (χ2n) is 10.1. The summed E-state index contributed by atoms with van der Waals surface area (Å²) < 4.78 is 17.4. The van der Waals surface area contributed by atoms with Crippen molar-refractivity contribution >= 4 is 23.0 Å². The Morgan fingerprint density at radius 3 is 2.61 bits per heavy atom. The highest BCUT2D eigenvalue weighted by atomic mass is 16.7. The van der Waals surface area contributed by atoms with Gasteiger partial charge in [0.1, 0.15) is 18.0 Å². The van der Waals surface area contributed by atoms with Crippen LogP contribution in [0.4, 0.5) is 4.79 Å². The smallest absolute Gasteiger partial charge is 0.458 e. The first-order valence-electron chi connectivity index (χ1n) is 12.0. The lowest BCUT2D eigenvalue weighted by atomic mass is 9.86. The van der Waals surface area contributed by atoms with Gasteiger partial charge < -0.3 is 23.9 Å². The standard InChI is InChI=1S/C27H28N2O7/c1-6-15-16-10-14(35-25(32)36-26(3,4)5)8-9-20(16)28-22-17(15)12-29-21(22)11-19-18(23(29)30)13-34-24(31)27(19,33)7-2/h8-11,33H,6-7,12-13H2,1-5H3/t27-/m0/s1. The van der Waals surface area contributed by atoms with E-state index in [0.717, 1.165) is 16.5 Å². The number of benzene rings is 1. The molecule has 0 unspecified atom stereocenters. The van der Waals surface area contributed by atoms with Gasteiger partial charge in [0.25, 0.3) is 5.56 Å². The Kier molecular flexibility index (Phi) is 5.44. The largest absolute Gasteiger partial charge is 0.514 e. The molecule has 2 aliphatic rings. The number of pyridine rings is 2. The minimum absolute atomic E-state index is 0.0837. The van der Waals surface area contributed by atoms with Crippen molar-refractivity contribution < 1.29 is 28.9 Å². The van der Waals surface area contributed by atoms with Crippen LogP contribution in [0.3, 0.4) is 0 Å². The second-order valence-corrected chi connectivity index (χ2v) is 10.1. The van der Waals surface area contributed by atoms with E-state index >= 15 is 0 Å². The maximum Gasteiger partial charge on any atom is 0.514 e. The average molecular weight is 493 g/mol. The van der Waals surface area contributed by atoms with E-state index in [9.17, 15) is 19.5 Å². The van der Waals surface area contributed by atoms with Gasteiger partial charge in [-0.25, -0.2) is 14.6 Å². The van der Waals surface area contributed by atoms with Gasteiger partial charge in [0.2, 0.25) is 0 Å². The average Bonchev–Trinajstić information content (AvgIpc) is 3.17. The molecule has 9 heteroatoms. The first-order valence-corrected chi connectivity index (χ1v) is 12.0. The van der Waals surface area contributed by atoms with Crippen molar-refractivity contribution in [2.75, 3.05) is 0 Å². The summed E-state index contributed by atoms with van der Waals surface area (Å²) in [5.74, 6) is -0.418. The van der Waals surface area contributed by atoms with Gasteiger partial charge in [0, 0.05) is 16.5 Å². The van der Waals surface area contributed by atoms with Gasteiger partial charge >= 0.3 is 12.1 Å². The number of aryl methyl sites for hydroxylation is 1. The summed E-state index contributed by atoms with van der Waals surface area (Å²) in [6, 6.07) is 6.86. The summed E-state index contributed by atoms with van der Waals surface area (Å²) in [6.45, 7) is 9.10. The Bertz CT molecular complexity index is 1500. The summed E-state index contributed by atoms with van der Waals surface area (Å²) in [6.07, 6.45) is -0.0562. The van der Waals surface area contributed by atoms with Gasteiger partial charge in [-0.15, -0.1) is 0 Å². The molecule has 1 N–H and O–H groups in total. The monoisotopic (exact) mass is 492 g/mol. The minimum atomic E-state index is -1.87. The highest BCUT2D eigenvalue weighted by Gasteiger charge is 2.45. The molecule has 0 saturated carbocycles. The van der Waals surface area contributed by atoms with Gasteiger partial charge in [0.05, 0.1) is 29.0 Å². The first-order chi connectivity index (χ1) is 17.0. The fourth-order valence-corrected chi connectivity index (χ4v) is 4.98. The summed E-state index contributed by atoms with van der Waals surface area (Å²) in [5, 5.41) is 11.9. The number of hydrogen-bond donors (Lipinski definition) is 1. The van der Waals surface area contributed by atoms with E-state index in [4.69, 9.17) is 19.2 Å². The third-order valence-electron chi connectivity index (χ3n) is 6.72. The Hall–Kier alpha value is -3.72. The van der Waals surface area contributed by atoms with Crippen LogP contribution in [-0.4, -0.2) is 32.4 Å². The zero-order valence-electron chi connectivity index (χ0n) is 20.9. The van der Waals surface area contributed by atoms with Crippen LogP contribution in [-0.2, 0) is 39.4 Å². The number of hydrogen-bond acceptors (Lipinski definition) is 8. The highest BCUT2D eigenvalue weighted by Crippen LogP contribution is 2.40. The summed E-state index contributed by atoms with van der Waals surface area (Å²) in [7, 11) is 0. The van der Waals surface area contributed by atoms with Crippen molar-refractivity contribution in [3.05, 3.63) is 56.9 Å². The van der Waals surface area contributed by atoms with Crippen molar-refractivity contribution in [3.63, 3.8) is 0 Å². The first kappa shape index (κ1) is 24.0. The Morgan fingerprint density at radius 2 is 1.94 bits per heavy atom. The molecule has 0 spiro atoms. The van der Waals surface area contributed by atoms with Gasteiger partial charge in [-0.1, -0.05) is 13.8 Å². The van der Waals surface area contributed by atoms with E-state index < -0.39 is 23.3 Å². The number of nitrogens with zero attached hydrogens (tertiary/aromatic N) is 2. The third kappa shape index (κ3) is 3.65. The normalized spacial score (nSPS) is 18.3. The number of ether oxygens (including phenoxy) is 3. The third-order valence-corrected chi connectivity index (χ3v) is 6.72. The molecule has 3 aromatic rings. The molecule has 1 atom stereocenters. The molecule has 1 aromatic carbocycles. The molecule has 0 radical (unpaired) electrons. The van der Waals surface area contributed by atoms with E-state index in [0.29, 0.717) is 35.6 Å². The van der Waals surface area contributed by atoms with Crippen LogP contribution in [0.15, 0.2) is 29.1 Å². The Labute approximate surface area is 207 Å². The van der Waals surface area contributed by atoms with Crippen LogP contribution in [0.1, 0.15) is 63.3 Å². The lowest BCUT2D eigenvalue weighted by molar-refractivity contribution is -0.172. The number of rotatable bonds is 3. The van der Waals surface area contributed by atoms with E-state index in [-0.39, 0.29) is 29.7 Å². The van der Waals surface area contributed by atoms with Crippen LogP contribution in [0.5, 0.6) is 5.75 Å². The molecule has 0 aliphatic carbocycles.